The number of halogens is 1. The quantitative estimate of drug-likeness (QED) is 0.321. The van der Waals surface area contributed by atoms with Gasteiger partial charge in [0.25, 0.3) is 5.91 Å². The van der Waals surface area contributed by atoms with E-state index in [4.69, 9.17) is 27.1 Å². The van der Waals surface area contributed by atoms with Gasteiger partial charge in [-0.25, -0.2) is 9.78 Å². The maximum Gasteiger partial charge on any atom is 0.341 e. The fraction of sp³-hybridized carbons (Fsp3) is 0.208. The van der Waals surface area contributed by atoms with E-state index in [1.54, 1.807) is 19.1 Å². The highest BCUT2D eigenvalue weighted by atomic mass is 35.5. The highest BCUT2D eigenvalue weighted by Crippen LogP contribution is 2.39. The number of esters is 1. The Balaban J connectivity index is 1.51. The second kappa shape index (κ2) is 8.78. The number of nitrogens with zero attached hydrogens (tertiary/aromatic N) is 1. The van der Waals surface area contributed by atoms with Crippen molar-refractivity contribution in [3.63, 3.8) is 0 Å². The van der Waals surface area contributed by atoms with Crippen LogP contribution < -0.4 is 11.1 Å². The molecule has 3 aromatic heterocycles. The van der Waals surface area contributed by atoms with Crippen LogP contribution in [0.25, 0.3) is 21.3 Å². The molecule has 0 atom stereocenters. The number of nitrogens with one attached hydrogen (secondary N) is 1. The van der Waals surface area contributed by atoms with Crippen molar-refractivity contribution in [2.45, 2.75) is 26.2 Å². The van der Waals surface area contributed by atoms with Gasteiger partial charge in [0.05, 0.1) is 12.3 Å². The maximum atomic E-state index is 13.2. The third kappa shape index (κ3) is 3.99. The summed E-state index contributed by atoms with van der Waals surface area (Å²) in [6, 6.07) is 9.22. The average molecular weight is 498 g/mol. The van der Waals surface area contributed by atoms with E-state index in [1.807, 2.05) is 17.5 Å². The molecule has 0 spiro atoms. The number of carbonyl (C=O) groups is 2. The number of carbonyl (C=O) groups excluding carboxylic acids is 2. The standard InChI is InChI=1S/C24H20ClN3O3S2/c1-2-31-24(30)18-16(12-6-8-14(25)9-7-12)11-32-23(18)28-21(29)20-19(26)15-10-13-4-3-5-17(13)27-22(15)33-20/h6-11H,2-5,26H2,1H3,(H,28,29). The lowest BCUT2D eigenvalue weighted by Crippen LogP contribution is -2.14. The summed E-state index contributed by atoms with van der Waals surface area (Å²) < 4.78 is 5.28. The number of pyridine rings is 1. The molecule has 0 saturated carbocycles. The van der Waals surface area contributed by atoms with Gasteiger partial charge in [-0.15, -0.1) is 22.7 Å². The van der Waals surface area contributed by atoms with Crippen molar-refractivity contribution in [3.8, 4) is 11.1 Å². The monoisotopic (exact) mass is 497 g/mol. The zero-order valence-electron chi connectivity index (χ0n) is 17.7. The Labute approximate surface area is 203 Å². The van der Waals surface area contributed by atoms with Gasteiger partial charge in [-0.2, -0.15) is 0 Å². The van der Waals surface area contributed by atoms with Crippen LogP contribution in [-0.4, -0.2) is 23.5 Å². The molecule has 4 aromatic rings. The summed E-state index contributed by atoms with van der Waals surface area (Å²) in [4.78, 5) is 31.9. The molecule has 168 valence electrons. The molecule has 3 N–H and O–H groups in total. The molecular weight excluding hydrogens is 478 g/mol. The lowest BCUT2D eigenvalue weighted by Gasteiger charge is -2.09. The molecule has 3 heterocycles. The zero-order chi connectivity index (χ0) is 23.1. The smallest absolute Gasteiger partial charge is 0.341 e. The molecule has 33 heavy (non-hydrogen) atoms. The SMILES string of the molecule is CCOC(=O)c1c(-c2ccc(Cl)cc2)csc1NC(=O)c1sc2nc3c(cc2c1N)CCC3. The molecule has 1 aromatic carbocycles. The first-order valence-electron chi connectivity index (χ1n) is 10.5. The van der Waals surface area contributed by atoms with Gasteiger partial charge in [0.15, 0.2) is 0 Å². The van der Waals surface area contributed by atoms with Gasteiger partial charge in [-0.1, -0.05) is 23.7 Å². The minimum atomic E-state index is -0.499. The number of hydrogen-bond acceptors (Lipinski definition) is 7. The normalized spacial score (nSPS) is 12.7. The Morgan fingerprint density at radius 1 is 1.24 bits per heavy atom. The van der Waals surface area contributed by atoms with Crippen LogP contribution in [0.15, 0.2) is 35.7 Å². The molecular formula is C24H20ClN3O3S2. The van der Waals surface area contributed by atoms with E-state index in [0.717, 1.165) is 40.7 Å². The predicted molar refractivity (Wildman–Crippen MR) is 135 cm³/mol. The number of aromatic nitrogens is 1. The molecule has 9 heteroatoms. The Kier molecular flexibility index (Phi) is 5.82. The van der Waals surface area contributed by atoms with Gasteiger partial charge in [0, 0.05) is 27.0 Å². The van der Waals surface area contributed by atoms with Crippen LogP contribution in [0, 0.1) is 0 Å². The number of rotatable bonds is 5. The summed E-state index contributed by atoms with van der Waals surface area (Å²) in [5, 5.41) is 6.53. The molecule has 0 radical (unpaired) electrons. The third-order valence-corrected chi connectivity index (χ3v) is 7.87. The number of nitrogen functional groups attached to an aromatic ring is 1. The number of amides is 1. The first-order valence-corrected chi connectivity index (χ1v) is 12.6. The summed E-state index contributed by atoms with van der Waals surface area (Å²) in [7, 11) is 0. The van der Waals surface area contributed by atoms with Gasteiger partial charge >= 0.3 is 5.97 Å². The van der Waals surface area contributed by atoms with Crippen molar-refractivity contribution in [3.05, 3.63) is 62.4 Å². The number of ether oxygens (including phenoxy) is 1. The number of fused-ring (bicyclic) bond motifs is 2. The molecule has 0 unspecified atom stereocenters. The van der Waals surface area contributed by atoms with E-state index >= 15 is 0 Å². The number of hydrogen-bond donors (Lipinski definition) is 2. The molecule has 0 fully saturated rings. The average Bonchev–Trinajstić information content (AvgIpc) is 3.50. The van der Waals surface area contributed by atoms with Crippen LogP contribution in [0.4, 0.5) is 10.7 Å². The molecule has 0 aliphatic heterocycles. The highest BCUT2D eigenvalue weighted by molar-refractivity contribution is 7.21. The zero-order valence-corrected chi connectivity index (χ0v) is 20.1. The molecule has 0 bridgehead atoms. The van der Waals surface area contributed by atoms with Crippen molar-refractivity contribution in [1.82, 2.24) is 4.98 Å². The number of thiophene rings is 2. The van der Waals surface area contributed by atoms with Crippen molar-refractivity contribution < 1.29 is 14.3 Å². The van der Waals surface area contributed by atoms with Crippen molar-refractivity contribution >= 4 is 67.1 Å². The summed E-state index contributed by atoms with van der Waals surface area (Å²) >= 11 is 8.55. The third-order valence-electron chi connectivity index (χ3n) is 5.61. The first-order chi connectivity index (χ1) is 16.0. The van der Waals surface area contributed by atoms with Gasteiger partial charge < -0.3 is 15.8 Å². The van der Waals surface area contributed by atoms with Crippen LogP contribution in [0.5, 0.6) is 0 Å². The Hall–Kier alpha value is -2.94. The van der Waals surface area contributed by atoms with Crippen LogP contribution in [0.2, 0.25) is 5.02 Å². The number of benzene rings is 1. The summed E-state index contributed by atoms with van der Waals surface area (Å²) in [6.45, 7) is 1.97. The molecule has 1 aliphatic rings. The van der Waals surface area contributed by atoms with Gasteiger partial charge in [-0.05, 0) is 55.5 Å². The van der Waals surface area contributed by atoms with E-state index in [9.17, 15) is 9.59 Å². The molecule has 1 amide bonds. The van der Waals surface area contributed by atoms with Crippen molar-refractivity contribution in [1.29, 1.82) is 0 Å². The van der Waals surface area contributed by atoms with Crippen molar-refractivity contribution in [2.75, 3.05) is 17.7 Å². The van der Waals surface area contributed by atoms with E-state index < -0.39 is 5.97 Å². The summed E-state index contributed by atoms with van der Waals surface area (Å²) in [5.41, 5.74) is 10.9. The fourth-order valence-electron chi connectivity index (χ4n) is 4.02. The largest absolute Gasteiger partial charge is 0.462 e. The van der Waals surface area contributed by atoms with Gasteiger partial charge in [-0.3, -0.25) is 4.79 Å². The molecule has 6 nitrogen and oxygen atoms in total. The topological polar surface area (TPSA) is 94.3 Å². The van der Waals surface area contributed by atoms with Crippen LogP contribution >= 0.6 is 34.3 Å². The molecule has 0 saturated heterocycles. The fourth-order valence-corrected chi connectivity index (χ4v) is 6.09. The minimum Gasteiger partial charge on any atom is -0.462 e. The highest BCUT2D eigenvalue weighted by Gasteiger charge is 2.26. The number of nitrogens with two attached hydrogens (primary N) is 1. The Morgan fingerprint density at radius 3 is 2.79 bits per heavy atom. The van der Waals surface area contributed by atoms with Gasteiger partial charge in [0.2, 0.25) is 0 Å². The number of anilines is 2. The van der Waals surface area contributed by atoms with E-state index in [2.05, 4.69) is 11.4 Å². The van der Waals surface area contributed by atoms with E-state index in [-0.39, 0.29) is 12.5 Å². The first kappa shape index (κ1) is 21.9. The van der Waals surface area contributed by atoms with Crippen molar-refractivity contribution in [2.24, 2.45) is 0 Å². The van der Waals surface area contributed by atoms with Crippen LogP contribution in [0.3, 0.4) is 0 Å². The minimum absolute atomic E-state index is 0.224. The van der Waals surface area contributed by atoms with Crippen LogP contribution in [-0.2, 0) is 17.6 Å². The molecule has 1 aliphatic carbocycles. The second-order valence-electron chi connectivity index (χ2n) is 7.68. The van der Waals surface area contributed by atoms with E-state index in [0.29, 0.717) is 31.7 Å². The van der Waals surface area contributed by atoms with Gasteiger partial charge in [0.1, 0.15) is 20.3 Å². The summed E-state index contributed by atoms with van der Waals surface area (Å²) in [5.74, 6) is -0.868. The maximum absolute atomic E-state index is 13.2. The van der Waals surface area contributed by atoms with E-state index in [1.165, 1.54) is 28.2 Å². The summed E-state index contributed by atoms with van der Waals surface area (Å²) in [6.07, 6.45) is 3.04. The lowest BCUT2D eigenvalue weighted by atomic mass is 10.0. The van der Waals surface area contributed by atoms with Crippen LogP contribution in [0.1, 0.15) is 44.6 Å². The Morgan fingerprint density at radius 2 is 2.03 bits per heavy atom. The predicted octanol–water partition coefficient (Wildman–Crippen LogP) is 6.18. The molecule has 5 rings (SSSR count). The Bertz CT molecular complexity index is 1390. The lowest BCUT2D eigenvalue weighted by molar-refractivity contribution is 0.0529. The number of aryl methyl sites for hydroxylation is 2. The second-order valence-corrected chi connectivity index (χ2v) is 10.00.